The van der Waals surface area contributed by atoms with E-state index in [1.54, 1.807) is 12.1 Å². The maximum atomic E-state index is 14.1. The number of halogens is 3. The molecule has 5 rings (SSSR count). The summed E-state index contributed by atoms with van der Waals surface area (Å²) in [5, 5.41) is -0.156. The molecule has 0 amide bonds. The van der Waals surface area contributed by atoms with Crippen LogP contribution < -0.4 is 4.90 Å². The molecule has 0 aliphatic carbocycles. The number of benzene rings is 2. The van der Waals surface area contributed by atoms with E-state index in [9.17, 15) is 13.6 Å². The van der Waals surface area contributed by atoms with E-state index >= 15 is 0 Å². The fraction of sp³-hybridized carbons (Fsp3) is 0.261. The molecule has 9 nitrogen and oxygen atoms in total. The van der Waals surface area contributed by atoms with Crippen molar-refractivity contribution in [3.05, 3.63) is 70.8 Å². The molecule has 35 heavy (non-hydrogen) atoms. The van der Waals surface area contributed by atoms with Crippen molar-refractivity contribution in [2.24, 2.45) is 0 Å². The molecule has 1 aliphatic heterocycles. The first-order valence-corrected chi connectivity index (χ1v) is 11.1. The molecule has 0 saturated carbocycles. The Morgan fingerprint density at radius 3 is 2.49 bits per heavy atom. The molecule has 0 atom stereocenters. The fourth-order valence-corrected chi connectivity index (χ4v) is 3.92. The van der Waals surface area contributed by atoms with E-state index in [1.165, 1.54) is 6.07 Å². The largest absolute Gasteiger partial charge is 0.457 e. The lowest BCUT2D eigenvalue weighted by Gasteiger charge is -2.26. The summed E-state index contributed by atoms with van der Waals surface area (Å²) in [6.07, 6.45) is -2.97. The average Bonchev–Trinajstić information content (AvgIpc) is 3.28. The second kappa shape index (κ2) is 9.88. The predicted molar refractivity (Wildman–Crippen MR) is 123 cm³/mol. The van der Waals surface area contributed by atoms with E-state index in [-0.39, 0.29) is 40.4 Å². The van der Waals surface area contributed by atoms with Gasteiger partial charge in [-0.2, -0.15) is 15.0 Å². The number of hydrogen-bond acceptors (Lipinski definition) is 8. The van der Waals surface area contributed by atoms with Crippen LogP contribution in [0.3, 0.4) is 0 Å². The van der Waals surface area contributed by atoms with Crippen LogP contribution in [0.1, 0.15) is 28.2 Å². The number of rotatable bonds is 6. The van der Waals surface area contributed by atoms with E-state index in [4.69, 9.17) is 21.1 Å². The van der Waals surface area contributed by atoms with Gasteiger partial charge in [-0.3, -0.25) is 4.57 Å². The summed E-state index contributed by atoms with van der Waals surface area (Å²) < 4.78 is 40.0. The lowest BCUT2D eigenvalue weighted by molar-refractivity contribution is 0.0474. The van der Waals surface area contributed by atoms with E-state index in [1.807, 2.05) is 35.2 Å². The van der Waals surface area contributed by atoms with Crippen LogP contribution in [0, 0.1) is 0 Å². The highest BCUT2D eigenvalue weighted by Crippen LogP contribution is 2.30. The fourth-order valence-electron chi connectivity index (χ4n) is 3.77. The summed E-state index contributed by atoms with van der Waals surface area (Å²) in [4.78, 5) is 31.3. The van der Waals surface area contributed by atoms with Gasteiger partial charge in [0.2, 0.25) is 17.2 Å². The smallest absolute Gasteiger partial charge is 0.340 e. The van der Waals surface area contributed by atoms with Crippen LogP contribution in [0.15, 0.2) is 48.5 Å². The van der Waals surface area contributed by atoms with Crippen molar-refractivity contribution in [3.63, 3.8) is 0 Å². The number of hydrogen-bond donors (Lipinski definition) is 0. The highest BCUT2D eigenvalue weighted by molar-refractivity contribution is 6.28. The van der Waals surface area contributed by atoms with Gasteiger partial charge >= 0.3 is 5.97 Å². The van der Waals surface area contributed by atoms with Gasteiger partial charge in [0.15, 0.2) is 5.82 Å². The molecule has 0 spiro atoms. The summed E-state index contributed by atoms with van der Waals surface area (Å²) >= 11 is 6.13. The van der Waals surface area contributed by atoms with Gasteiger partial charge in [-0.15, -0.1) is 0 Å². The number of esters is 1. The maximum Gasteiger partial charge on any atom is 0.340 e. The summed E-state index contributed by atoms with van der Waals surface area (Å²) in [6, 6.07) is 13.7. The molecule has 12 heteroatoms. The standard InChI is InChI=1S/C23H19ClF2N6O3/c24-21-28-22(31-9-11-34-12-10-31)30-23(29-21)32-16-8-4-7-15(17(16)27-19(32)18(25)26)20(33)35-13-14-5-2-1-3-6-14/h1-8,18H,9-13H2. The summed E-state index contributed by atoms with van der Waals surface area (Å²) in [5.74, 6) is -1.20. The first kappa shape index (κ1) is 23.1. The Morgan fingerprint density at radius 2 is 1.74 bits per heavy atom. The van der Waals surface area contributed by atoms with Crippen molar-refractivity contribution >= 4 is 34.6 Å². The number of aromatic nitrogens is 5. The van der Waals surface area contributed by atoms with Gasteiger partial charge in [0.25, 0.3) is 6.43 Å². The summed E-state index contributed by atoms with van der Waals surface area (Å²) in [5.41, 5.74) is 1.10. The number of ether oxygens (including phenoxy) is 2. The number of alkyl halides is 2. The molecular weight excluding hydrogens is 482 g/mol. The molecule has 4 aromatic rings. The zero-order chi connectivity index (χ0) is 24.4. The molecule has 0 radical (unpaired) electrons. The van der Waals surface area contributed by atoms with E-state index in [0.717, 1.165) is 10.1 Å². The van der Waals surface area contributed by atoms with Crippen LogP contribution in [-0.4, -0.2) is 56.8 Å². The number of carbonyl (C=O) groups is 1. The number of anilines is 1. The first-order valence-electron chi connectivity index (χ1n) is 10.8. The first-order chi connectivity index (χ1) is 17.0. The molecule has 2 aromatic heterocycles. The molecular formula is C23H19ClF2N6O3. The van der Waals surface area contributed by atoms with Gasteiger partial charge in [-0.05, 0) is 29.3 Å². The van der Waals surface area contributed by atoms with Gasteiger partial charge in [-0.25, -0.2) is 18.6 Å². The Balaban J connectivity index is 1.56. The topological polar surface area (TPSA) is 95.3 Å². The zero-order valence-corrected chi connectivity index (χ0v) is 19.0. The molecule has 180 valence electrons. The highest BCUT2D eigenvalue weighted by atomic mass is 35.5. The third kappa shape index (κ3) is 4.77. The van der Waals surface area contributed by atoms with E-state index in [0.29, 0.717) is 26.3 Å². The molecule has 2 aromatic carbocycles. The number of morpholine rings is 1. The molecule has 0 bridgehead atoms. The molecule has 0 N–H and O–H groups in total. The maximum absolute atomic E-state index is 14.1. The molecule has 1 aliphatic rings. The molecule has 1 fully saturated rings. The third-order valence-corrected chi connectivity index (χ3v) is 5.59. The SMILES string of the molecule is O=C(OCc1ccccc1)c1cccc2c1nc(C(F)F)n2-c1nc(Cl)nc(N2CCOCC2)n1. The van der Waals surface area contributed by atoms with E-state index < -0.39 is 18.2 Å². The van der Waals surface area contributed by atoms with Crippen LogP contribution in [0.25, 0.3) is 17.0 Å². The van der Waals surface area contributed by atoms with Crippen LogP contribution in [0.2, 0.25) is 5.28 Å². The Hall–Kier alpha value is -3.70. The predicted octanol–water partition coefficient (Wildman–Crippen LogP) is 4.00. The van der Waals surface area contributed by atoms with Crippen molar-refractivity contribution in [1.82, 2.24) is 24.5 Å². The highest BCUT2D eigenvalue weighted by Gasteiger charge is 2.26. The number of imidazole rings is 1. The molecule has 3 heterocycles. The van der Waals surface area contributed by atoms with Gasteiger partial charge in [-0.1, -0.05) is 36.4 Å². The van der Waals surface area contributed by atoms with E-state index in [2.05, 4.69) is 19.9 Å². The lowest BCUT2D eigenvalue weighted by atomic mass is 10.2. The second-order valence-electron chi connectivity index (χ2n) is 7.65. The van der Waals surface area contributed by atoms with Crippen LogP contribution in [0.5, 0.6) is 0 Å². The van der Waals surface area contributed by atoms with Crippen LogP contribution >= 0.6 is 11.6 Å². The zero-order valence-electron chi connectivity index (χ0n) is 18.3. The minimum Gasteiger partial charge on any atom is -0.457 e. The number of nitrogens with zero attached hydrogens (tertiary/aromatic N) is 6. The number of carbonyl (C=O) groups excluding carboxylic acids is 1. The Morgan fingerprint density at radius 1 is 1.00 bits per heavy atom. The minimum absolute atomic E-state index is 0.0322. The Kier molecular flexibility index (Phi) is 6.51. The normalized spacial score (nSPS) is 14.0. The number of para-hydroxylation sites is 1. The van der Waals surface area contributed by atoms with Crippen molar-refractivity contribution in [3.8, 4) is 5.95 Å². The van der Waals surface area contributed by atoms with Crippen LogP contribution in [0.4, 0.5) is 14.7 Å². The summed E-state index contributed by atoms with van der Waals surface area (Å²) in [7, 11) is 0. The third-order valence-electron chi connectivity index (χ3n) is 5.42. The molecule has 0 unspecified atom stereocenters. The van der Waals surface area contributed by atoms with Crippen molar-refractivity contribution in [1.29, 1.82) is 0 Å². The van der Waals surface area contributed by atoms with Gasteiger partial charge in [0.1, 0.15) is 12.1 Å². The monoisotopic (exact) mass is 500 g/mol. The Labute approximate surface area is 203 Å². The quantitative estimate of drug-likeness (QED) is 0.367. The van der Waals surface area contributed by atoms with Gasteiger partial charge < -0.3 is 14.4 Å². The Bertz CT molecular complexity index is 1360. The lowest BCUT2D eigenvalue weighted by Crippen LogP contribution is -2.37. The average molecular weight is 501 g/mol. The minimum atomic E-state index is -2.97. The van der Waals surface area contributed by atoms with Crippen molar-refractivity contribution in [2.75, 3.05) is 31.2 Å². The number of fused-ring (bicyclic) bond motifs is 1. The molecule has 1 saturated heterocycles. The van der Waals surface area contributed by atoms with Gasteiger partial charge in [0.05, 0.1) is 24.3 Å². The van der Waals surface area contributed by atoms with Crippen molar-refractivity contribution < 1.29 is 23.0 Å². The van der Waals surface area contributed by atoms with Gasteiger partial charge in [0, 0.05) is 13.1 Å². The van der Waals surface area contributed by atoms with Crippen LogP contribution in [-0.2, 0) is 16.1 Å². The second-order valence-corrected chi connectivity index (χ2v) is 7.98. The van der Waals surface area contributed by atoms with Crippen molar-refractivity contribution in [2.45, 2.75) is 13.0 Å². The summed E-state index contributed by atoms with van der Waals surface area (Å²) in [6.45, 7) is 2.02.